The number of nitrogens with zero attached hydrogens (tertiary/aromatic N) is 2. The summed E-state index contributed by atoms with van der Waals surface area (Å²) >= 11 is 0. The van der Waals surface area contributed by atoms with E-state index in [4.69, 9.17) is 0 Å². The molecule has 0 bridgehead atoms. The van der Waals surface area contributed by atoms with Crippen LogP contribution in [0.3, 0.4) is 0 Å². The average Bonchev–Trinajstić information content (AvgIpc) is 2.72. The molecule has 9 heteroatoms. The van der Waals surface area contributed by atoms with E-state index in [0.29, 0.717) is 11.3 Å². The number of carbonyl (C=O) groups is 1. The van der Waals surface area contributed by atoms with Gasteiger partial charge in [-0.3, -0.25) is 4.79 Å². The molecule has 2 aromatic carbocycles. The Morgan fingerprint density at radius 2 is 1.85 bits per heavy atom. The first-order valence-electron chi connectivity index (χ1n) is 10.2. The Morgan fingerprint density at radius 1 is 1.12 bits per heavy atom. The number of likely N-dealkylation sites (N-methyl/N-ethyl adjacent to an activating group) is 1. The van der Waals surface area contributed by atoms with Crippen LogP contribution in [0, 0.1) is 6.92 Å². The van der Waals surface area contributed by atoms with Gasteiger partial charge in [-0.25, -0.2) is 4.98 Å². The Balaban J connectivity index is 1.63. The van der Waals surface area contributed by atoms with Crippen LogP contribution in [-0.4, -0.2) is 49.3 Å². The molecule has 0 fully saturated rings. The maximum atomic E-state index is 12.3. The standard InChI is InChI=1S/C24H25F3N4O2/c1-16-14-22(28-12-13-31(2)3)30-21-10-7-18(15-20(16)21)29-23(32)11-6-17-4-8-19(9-5-17)33-24(25,26)27/h4-11,14-15H,12-13H2,1-3H3,(H,28,30)(H,29,32). The lowest BCUT2D eigenvalue weighted by Crippen LogP contribution is -2.21. The molecule has 0 saturated heterocycles. The number of aryl methyl sites for hydroxylation is 1. The molecule has 1 amide bonds. The number of amides is 1. The smallest absolute Gasteiger partial charge is 0.406 e. The lowest BCUT2D eigenvalue weighted by atomic mass is 10.1. The number of rotatable bonds is 8. The van der Waals surface area contributed by atoms with Gasteiger partial charge in [0.2, 0.25) is 5.91 Å². The first-order chi connectivity index (χ1) is 15.6. The Bertz CT molecular complexity index is 1140. The molecule has 0 aliphatic carbocycles. The molecule has 1 aromatic heterocycles. The van der Waals surface area contributed by atoms with Crippen LogP contribution in [0.1, 0.15) is 11.1 Å². The third-order valence-corrected chi connectivity index (χ3v) is 4.69. The minimum atomic E-state index is -4.74. The summed E-state index contributed by atoms with van der Waals surface area (Å²) < 4.78 is 40.5. The number of hydrogen-bond acceptors (Lipinski definition) is 5. The van der Waals surface area contributed by atoms with E-state index in [9.17, 15) is 18.0 Å². The molecular weight excluding hydrogens is 433 g/mol. The van der Waals surface area contributed by atoms with Crippen molar-refractivity contribution in [1.29, 1.82) is 0 Å². The lowest BCUT2D eigenvalue weighted by Gasteiger charge is -2.13. The minimum absolute atomic E-state index is 0.319. The van der Waals surface area contributed by atoms with Crippen LogP contribution in [0.5, 0.6) is 5.75 Å². The van der Waals surface area contributed by atoms with Crippen molar-refractivity contribution in [2.45, 2.75) is 13.3 Å². The number of fused-ring (bicyclic) bond motifs is 1. The molecule has 0 aliphatic rings. The average molecular weight is 458 g/mol. The van der Waals surface area contributed by atoms with Crippen molar-refractivity contribution < 1.29 is 22.7 Å². The molecule has 0 unspecified atom stereocenters. The monoisotopic (exact) mass is 458 g/mol. The molecule has 0 radical (unpaired) electrons. The van der Waals surface area contributed by atoms with Gasteiger partial charge in [0.15, 0.2) is 0 Å². The van der Waals surface area contributed by atoms with Crippen LogP contribution in [0.25, 0.3) is 17.0 Å². The summed E-state index contributed by atoms with van der Waals surface area (Å²) in [6.07, 6.45) is -1.92. The summed E-state index contributed by atoms with van der Waals surface area (Å²) in [5.74, 6) is 0.117. The maximum Gasteiger partial charge on any atom is 0.573 e. The van der Waals surface area contributed by atoms with Gasteiger partial charge in [0.05, 0.1) is 5.52 Å². The van der Waals surface area contributed by atoms with E-state index in [1.54, 1.807) is 6.07 Å². The summed E-state index contributed by atoms with van der Waals surface area (Å²) in [4.78, 5) is 19.0. The number of hydrogen-bond donors (Lipinski definition) is 2. The van der Waals surface area contributed by atoms with E-state index < -0.39 is 6.36 Å². The van der Waals surface area contributed by atoms with Crippen LogP contribution in [0.4, 0.5) is 24.7 Å². The number of alkyl halides is 3. The number of benzene rings is 2. The van der Waals surface area contributed by atoms with E-state index in [1.807, 2.05) is 39.2 Å². The highest BCUT2D eigenvalue weighted by molar-refractivity contribution is 6.03. The Labute approximate surface area is 190 Å². The molecular formula is C24H25F3N4O2. The van der Waals surface area contributed by atoms with Crippen LogP contribution in [0.2, 0.25) is 0 Å². The third kappa shape index (κ3) is 7.50. The second-order valence-corrected chi connectivity index (χ2v) is 7.73. The van der Waals surface area contributed by atoms with Crippen molar-refractivity contribution in [3.8, 4) is 5.75 Å². The number of anilines is 2. The van der Waals surface area contributed by atoms with Gasteiger partial charge in [0, 0.05) is 30.2 Å². The highest BCUT2D eigenvalue weighted by Crippen LogP contribution is 2.25. The third-order valence-electron chi connectivity index (χ3n) is 4.69. The zero-order valence-electron chi connectivity index (χ0n) is 18.5. The SMILES string of the molecule is Cc1cc(NCCN(C)C)nc2ccc(NC(=O)C=Cc3ccc(OC(F)(F)F)cc3)cc12. The number of pyridine rings is 1. The predicted octanol–water partition coefficient (Wildman–Crippen LogP) is 5.07. The van der Waals surface area contributed by atoms with Gasteiger partial charge in [-0.15, -0.1) is 13.2 Å². The molecule has 174 valence electrons. The molecule has 33 heavy (non-hydrogen) atoms. The molecule has 3 rings (SSSR count). The second-order valence-electron chi connectivity index (χ2n) is 7.73. The van der Waals surface area contributed by atoms with Crippen molar-refractivity contribution in [2.24, 2.45) is 0 Å². The van der Waals surface area contributed by atoms with Gasteiger partial charge in [-0.05, 0) is 74.6 Å². The Kier molecular flexibility index (Phi) is 7.55. The van der Waals surface area contributed by atoms with Crippen molar-refractivity contribution in [2.75, 3.05) is 37.8 Å². The summed E-state index contributed by atoms with van der Waals surface area (Å²) in [7, 11) is 4.02. The minimum Gasteiger partial charge on any atom is -0.406 e. The molecule has 0 saturated carbocycles. The molecule has 0 atom stereocenters. The molecule has 0 aliphatic heterocycles. The molecule has 3 aromatic rings. The van der Waals surface area contributed by atoms with Crippen LogP contribution in [-0.2, 0) is 4.79 Å². The van der Waals surface area contributed by atoms with Gasteiger partial charge in [0.25, 0.3) is 0 Å². The van der Waals surface area contributed by atoms with Gasteiger partial charge < -0.3 is 20.3 Å². The van der Waals surface area contributed by atoms with Crippen molar-refractivity contribution in [3.05, 3.63) is 65.7 Å². The van der Waals surface area contributed by atoms with Gasteiger partial charge in [-0.1, -0.05) is 12.1 Å². The normalized spacial score (nSPS) is 11.8. The highest BCUT2D eigenvalue weighted by Gasteiger charge is 2.30. The second kappa shape index (κ2) is 10.4. The zero-order chi connectivity index (χ0) is 24.0. The molecule has 6 nitrogen and oxygen atoms in total. The van der Waals surface area contributed by atoms with Crippen molar-refractivity contribution in [1.82, 2.24) is 9.88 Å². The van der Waals surface area contributed by atoms with E-state index in [2.05, 4.69) is 25.3 Å². The number of ether oxygens (including phenoxy) is 1. The fraction of sp³-hybridized carbons (Fsp3) is 0.250. The lowest BCUT2D eigenvalue weighted by molar-refractivity contribution is -0.274. The van der Waals surface area contributed by atoms with E-state index >= 15 is 0 Å². The first-order valence-corrected chi connectivity index (χ1v) is 10.2. The van der Waals surface area contributed by atoms with Gasteiger partial charge in [0.1, 0.15) is 11.6 Å². The van der Waals surface area contributed by atoms with Crippen LogP contribution >= 0.6 is 0 Å². The quantitative estimate of drug-likeness (QED) is 0.462. The first kappa shape index (κ1) is 24.1. The fourth-order valence-electron chi connectivity index (χ4n) is 3.11. The van der Waals surface area contributed by atoms with Crippen molar-refractivity contribution >= 4 is 34.4 Å². The Morgan fingerprint density at radius 3 is 2.52 bits per heavy atom. The van der Waals surface area contributed by atoms with Crippen LogP contribution < -0.4 is 15.4 Å². The summed E-state index contributed by atoms with van der Waals surface area (Å²) in [5.41, 5.74) is 3.02. The van der Waals surface area contributed by atoms with E-state index in [0.717, 1.165) is 35.4 Å². The summed E-state index contributed by atoms with van der Waals surface area (Å²) in [5, 5.41) is 7.02. The Hall–Kier alpha value is -3.59. The number of halogens is 3. The molecule has 2 N–H and O–H groups in total. The maximum absolute atomic E-state index is 12.3. The molecule has 0 spiro atoms. The fourth-order valence-corrected chi connectivity index (χ4v) is 3.11. The number of nitrogens with one attached hydrogen (secondary N) is 2. The number of carbonyl (C=O) groups excluding carboxylic acids is 1. The van der Waals surface area contributed by atoms with Crippen LogP contribution in [0.15, 0.2) is 54.6 Å². The van der Waals surface area contributed by atoms with Crippen molar-refractivity contribution in [3.63, 3.8) is 0 Å². The highest BCUT2D eigenvalue weighted by atomic mass is 19.4. The topological polar surface area (TPSA) is 66.5 Å². The molecule has 1 heterocycles. The largest absolute Gasteiger partial charge is 0.573 e. The van der Waals surface area contributed by atoms with E-state index in [1.165, 1.54) is 36.4 Å². The summed E-state index contributed by atoms with van der Waals surface area (Å²) in [6.45, 7) is 3.66. The zero-order valence-corrected chi connectivity index (χ0v) is 18.5. The van der Waals surface area contributed by atoms with E-state index in [-0.39, 0.29) is 11.7 Å². The predicted molar refractivity (Wildman–Crippen MR) is 124 cm³/mol. The number of aromatic nitrogens is 1. The van der Waals surface area contributed by atoms with Gasteiger partial charge in [-0.2, -0.15) is 0 Å². The summed E-state index contributed by atoms with van der Waals surface area (Å²) in [6, 6.07) is 12.7. The van der Waals surface area contributed by atoms with Gasteiger partial charge >= 0.3 is 6.36 Å².